The molecule has 25 heavy (non-hydrogen) atoms. The molecule has 0 aromatic heterocycles. The van der Waals surface area contributed by atoms with E-state index < -0.39 is 17.7 Å². The van der Waals surface area contributed by atoms with Crippen molar-refractivity contribution in [2.45, 2.75) is 58.1 Å². The number of carbonyl (C=O) groups excluding carboxylic acids is 1. The maximum absolute atomic E-state index is 12.3. The molecule has 0 unspecified atom stereocenters. The van der Waals surface area contributed by atoms with Crippen LogP contribution in [-0.2, 0) is 9.53 Å². The van der Waals surface area contributed by atoms with Crippen molar-refractivity contribution in [2.24, 2.45) is 5.11 Å². The zero-order valence-corrected chi connectivity index (χ0v) is 15.3. The molecule has 1 aliphatic heterocycles. The van der Waals surface area contributed by atoms with Gasteiger partial charge in [-0.15, -0.1) is 0 Å². The van der Waals surface area contributed by atoms with Crippen LogP contribution in [0.5, 0.6) is 0 Å². The number of hydrogen-bond donors (Lipinski definition) is 1. The minimum atomic E-state index is -0.871. The first-order valence-corrected chi connectivity index (χ1v) is 8.67. The van der Waals surface area contributed by atoms with Crippen molar-refractivity contribution in [3.8, 4) is 0 Å². The van der Waals surface area contributed by atoms with Crippen LogP contribution in [-0.4, -0.2) is 71.3 Å². The summed E-state index contributed by atoms with van der Waals surface area (Å²) < 4.78 is 5.41. The van der Waals surface area contributed by atoms with E-state index in [0.29, 0.717) is 26.1 Å². The number of nitrogens with zero attached hydrogens (tertiary/aromatic N) is 5. The maximum atomic E-state index is 12.3. The number of ether oxygens (including phenoxy) is 1. The van der Waals surface area contributed by atoms with Gasteiger partial charge in [-0.25, -0.2) is 4.79 Å². The molecule has 9 nitrogen and oxygen atoms in total. The summed E-state index contributed by atoms with van der Waals surface area (Å²) in [6, 6.07) is 0.0544. The molecule has 0 saturated carbocycles. The van der Waals surface area contributed by atoms with Crippen molar-refractivity contribution >= 4 is 12.1 Å². The predicted octanol–water partition coefficient (Wildman–Crippen LogP) is 2.86. The van der Waals surface area contributed by atoms with Gasteiger partial charge in [0.1, 0.15) is 5.60 Å². The van der Waals surface area contributed by atoms with Gasteiger partial charge in [-0.05, 0) is 58.7 Å². The third kappa shape index (κ3) is 9.16. The second kappa shape index (κ2) is 10.1. The SMILES string of the molecule is CC(C)(C)OC(=O)N(CCCC(=O)O)CCN1CCC(N=[N+]=[N-])CC1. The van der Waals surface area contributed by atoms with E-state index in [0.717, 1.165) is 25.9 Å². The van der Waals surface area contributed by atoms with Crippen molar-refractivity contribution < 1.29 is 19.4 Å². The van der Waals surface area contributed by atoms with Crippen LogP contribution in [0.4, 0.5) is 4.79 Å². The van der Waals surface area contributed by atoms with Crippen LogP contribution in [0, 0.1) is 0 Å². The molecule has 1 amide bonds. The van der Waals surface area contributed by atoms with Crippen LogP contribution in [0.3, 0.4) is 0 Å². The van der Waals surface area contributed by atoms with Crippen molar-refractivity contribution in [1.29, 1.82) is 0 Å². The van der Waals surface area contributed by atoms with Gasteiger partial charge < -0.3 is 19.6 Å². The number of carbonyl (C=O) groups is 2. The first-order valence-electron chi connectivity index (χ1n) is 8.67. The van der Waals surface area contributed by atoms with E-state index >= 15 is 0 Å². The summed E-state index contributed by atoms with van der Waals surface area (Å²) in [7, 11) is 0. The summed E-state index contributed by atoms with van der Waals surface area (Å²) >= 11 is 0. The highest BCUT2D eigenvalue weighted by Gasteiger charge is 2.24. The molecule has 0 bridgehead atoms. The fourth-order valence-corrected chi connectivity index (χ4v) is 2.64. The second-order valence-electron chi connectivity index (χ2n) is 7.24. The highest BCUT2D eigenvalue weighted by molar-refractivity contribution is 5.69. The minimum absolute atomic E-state index is 0.0247. The molecule has 142 valence electrons. The lowest BCUT2D eigenvalue weighted by atomic mass is 10.1. The van der Waals surface area contributed by atoms with Gasteiger partial charge in [0.25, 0.3) is 0 Å². The Labute approximate surface area is 148 Å². The summed E-state index contributed by atoms with van der Waals surface area (Å²) in [5.41, 5.74) is 7.89. The van der Waals surface area contributed by atoms with Crippen LogP contribution in [0.25, 0.3) is 10.4 Å². The highest BCUT2D eigenvalue weighted by atomic mass is 16.6. The third-order valence-corrected chi connectivity index (χ3v) is 3.93. The Morgan fingerprint density at radius 3 is 2.48 bits per heavy atom. The Balaban J connectivity index is 2.50. The Bertz CT molecular complexity index is 491. The zero-order chi connectivity index (χ0) is 18.9. The van der Waals surface area contributed by atoms with Gasteiger partial charge in [0.2, 0.25) is 0 Å². The Kier molecular flexibility index (Phi) is 8.51. The van der Waals surface area contributed by atoms with Gasteiger partial charge >= 0.3 is 12.1 Å². The molecule has 0 radical (unpaired) electrons. The highest BCUT2D eigenvalue weighted by Crippen LogP contribution is 2.15. The van der Waals surface area contributed by atoms with Crippen LogP contribution in [0.2, 0.25) is 0 Å². The predicted molar refractivity (Wildman–Crippen MR) is 93.3 cm³/mol. The fraction of sp³-hybridized carbons (Fsp3) is 0.875. The van der Waals surface area contributed by atoms with Gasteiger partial charge in [-0.1, -0.05) is 5.11 Å². The molecule has 0 aromatic rings. The smallest absolute Gasteiger partial charge is 0.410 e. The zero-order valence-electron chi connectivity index (χ0n) is 15.3. The Hall–Kier alpha value is -1.99. The van der Waals surface area contributed by atoms with Gasteiger partial charge in [0, 0.05) is 37.0 Å². The Morgan fingerprint density at radius 2 is 1.96 bits per heavy atom. The van der Waals surface area contributed by atoms with E-state index in [-0.39, 0.29) is 12.5 Å². The molecule has 1 fully saturated rings. The van der Waals surface area contributed by atoms with E-state index in [1.54, 1.807) is 25.7 Å². The number of aliphatic carboxylic acids is 1. The molecular weight excluding hydrogens is 326 g/mol. The normalized spacial score (nSPS) is 16.1. The number of carboxylic acid groups (broad SMARTS) is 1. The molecule has 1 rings (SSSR count). The van der Waals surface area contributed by atoms with E-state index in [1.165, 1.54) is 0 Å². The standard InChI is InChI=1S/C16H29N5O4/c1-16(2,3)25-15(24)21(8-4-5-14(22)23)12-11-20-9-6-13(7-10-20)18-19-17/h13H,4-12H2,1-3H3,(H,22,23). The number of rotatable bonds is 8. The molecule has 0 aliphatic carbocycles. The largest absolute Gasteiger partial charge is 0.481 e. The van der Waals surface area contributed by atoms with Crippen molar-refractivity contribution in [2.75, 3.05) is 32.7 Å². The first-order chi connectivity index (χ1) is 11.7. The molecule has 0 aromatic carbocycles. The van der Waals surface area contributed by atoms with Crippen molar-refractivity contribution in [1.82, 2.24) is 9.80 Å². The summed E-state index contributed by atoms with van der Waals surface area (Å²) in [4.78, 5) is 29.7. The second-order valence-corrected chi connectivity index (χ2v) is 7.24. The number of piperidine rings is 1. The quantitative estimate of drug-likeness (QED) is 0.408. The van der Waals surface area contributed by atoms with E-state index in [2.05, 4.69) is 14.9 Å². The summed E-state index contributed by atoms with van der Waals surface area (Å²) in [6.45, 7) is 8.59. The molecule has 1 heterocycles. The number of likely N-dealkylation sites (tertiary alicyclic amines) is 1. The molecular formula is C16H29N5O4. The Morgan fingerprint density at radius 1 is 1.32 bits per heavy atom. The molecule has 9 heteroatoms. The fourth-order valence-electron chi connectivity index (χ4n) is 2.64. The van der Waals surface area contributed by atoms with Crippen LogP contribution < -0.4 is 0 Å². The summed E-state index contributed by atoms with van der Waals surface area (Å²) in [5, 5.41) is 12.5. The first kappa shape index (κ1) is 21.1. The molecule has 0 atom stereocenters. The van der Waals surface area contributed by atoms with E-state index in [1.807, 2.05) is 0 Å². The maximum Gasteiger partial charge on any atom is 0.410 e. The summed E-state index contributed by atoms with van der Waals surface area (Å²) in [5.74, 6) is -0.871. The monoisotopic (exact) mass is 355 g/mol. The van der Waals surface area contributed by atoms with Crippen molar-refractivity contribution in [3.05, 3.63) is 10.4 Å². The molecule has 1 saturated heterocycles. The van der Waals surface area contributed by atoms with Gasteiger partial charge in [0.15, 0.2) is 0 Å². The number of azide groups is 1. The van der Waals surface area contributed by atoms with Gasteiger partial charge in [-0.2, -0.15) is 0 Å². The average molecular weight is 355 g/mol. The lowest BCUT2D eigenvalue weighted by molar-refractivity contribution is -0.137. The van der Waals surface area contributed by atoms with Crippen molar-refractivity contribution in [3.63, 3.8) is 0 Å². The van der Waals surface area contributed by atoms with Crippen LogP contribution in [0.15, 0.2) is 5.11 Å². The molecule has 1 aliphatic rings. The lowest BCUT2D eigenvalue weighted by Gasteiger charge is -2.33. The van der Waals surface area contributed by atoms with E-state index in [9.17, 15) is 9.59 Å². The molecule has 1 N–H and O–H groups in total. The summed E-state index contributed by atoms with van der Waals surface area (Å²) in [6.07, 6.45) is 1.64. The topological polar surface area (TPSA) is 119 Å². The van der Waals surface area contributed by atoms with Crippen LogP contribution in [0.1, 0.15) is 46.5 Å². The van der Waals surface area contributed by atoms with E-state index in [4.69, 9.17) is 15.4 Å². The number of carboxylic acids is 1. The lowest BCUT2D eigenvalue weighted by Crippen LogP contribution is -2.44. The van der Waals surface area contributed by atoms with Gasteiger partial charge in [-0.3, -0.25) is 4.79 Å². The number of hydrogen-bond acceptors (Lipinski definition) is 5. The molecule has 0 spiro atoms. The van der Waals surface area contributed by atoms with Gasteiger partial charge in [0.05, 0.1) is 0 Å². The number of amides is 1. The average Bonchev–Trinajstić information content (AvgIpc) is 2.50. The minimum Gasteiger partial charge on any atom is -0.481 e. The van der Waals surface area contributed by atoms with Crippen LogP contribution >= 0.6 is 0 Å². The third-order valence-electron chi connectivity index (χ3n) is 3.93.